The topological polar surface area (TPSA) is 63.2 Å². The van der Waals surface area contributed by atoms with Crippen LogP contribution in [-0.2, 0) is 10.2 Å². The number of anilines is 4. The summed E-state index contributed by atoms with van der Waals surface area (Å²) in [5.41, 5.74) is 1.94. The van der Waals surface area contributed by atoms with Crippen LogP contribution in [0.25, 0.3) is 0 Å². The van der Waals surface area contributed by atoms with Crippen molar-refractivity contribution in [3.8, 4) is 0 Å². The molecule has 0 aliphatic carbocycles. The van der Waals surface area contributed by atoms with Crippen molar-refractivity contribution in [1.82, 2.24) is 15.0 Å². The van der Waals surface area contributed by atoms with Gasteiger partial charge in [-0.3, -0.25) is 0 Å². The van der Waals surface area contributed by atoms with Crippen LogP contribution in [0.5, 0.6) is 0 Å². The number of aromatic nitrogens is 3. The first-order chi connectivity index (χ1) is 13.3. The van der Waals surface area contributed by atoms with E-state index in [1.165, 1.54) is 0 Å². The number of nitrogens with one attached hydrogen (secondary N) is 1. The molecule has 27 heavy (non-hydrogen) atoms. The molecule has 0 saturated carbocycles. The number of pyridine rings is 1. The van der Waals surface area contributed by atoms with Crippen LogP contribution in [0.4, 0.5) is 23.3 Å². The van der Waals surface area contributed by atoms with Gasteiger partial charge in [0.25, 0.3) is 0 Å². The zero-order valence-electron chi connectivity index (χ0n) is 15.2. The van der Waals surface area contributed by atoms with Gasteiger partial charge >= 0.3 is 0 Å². The van der Waals surface area contributed by atoms with Crippen molar-refractivity contribution < 1.29 is 4.74 Å². The lowest BCUT2D eigenvalue weighted by Crippen LogP contribution is -2.48. The summed E-state index contributed by atoms with van der Waals surface area (Å²) in [6.45, 7) is 3.66. The normalized spacial score (nSPS) is 23.6. The van der Waals surface area contributed by atoms with Gasteiger partial charge in [0.2, 0.25) is 5.95 Å². The van der Waals surface area contributed by atoms with Gasteiger partial charge in [0.15, 0.2) is 0 Å². The maximum Gasteiger partial charge on any atom is 0.229 e. The standard InChI is InChI=1S/C21H21N5O/c1-21-14-27-12-10-17(21)26(18-9-5-6-11-22-18)19-16(21)13-23-20(25-19)24-15-7-3-2-4-8-15/h2-9,11,13,17H,10,12,14H2,1H3,(H,23,24,25)/t17-,21-/m1/s1. The fraction of sp³-hybridized carbons (Fsp3) is 0.286. The molecule has 1 fully saturated rings. The lowest BCUT2D eigenvalue weighted by molar-refractivity contribution is 0.0341. The molecule has 1 N–H and O–H groups in total. The van der Waals surface area contributed by atoms with Gasteiger partial charge in [-0.15, -0.1) is 0 Å². The van der Waals surface area contributed by atoms with Crippen molar-refractivity contribution in [3.05, 3.63) is 66.5 Å². The van der Waals surface area contributed by atoms with Crippen LogP contribution in [0, 0.1) is 0 Å². The highest BCUT2D eigenvalue weighted by molar-refractivity contribution is 5.70. The smallest absolute Gasteiger partial charge is 0.229 e. The first-order valence-electron chi connectivity index (χ1n) is 9.23. The Balaban J connectivity index is 1.60. The van der Waals surface area contributed by atoms with Crippen LogP contribution >= 0.6 is 0 Å². The Bertz CT molecular complexity index is 949. The summed E-state index contributed by atoms with van der Waals surface area (Å²) < 4.78 is 5.84. The molecule has 1 saturated heterocycles. The van der Waals surface area contributed by atoms with Crippen LogP contribution in [0.3, 0.4) is 0 Å². The van der Waals surface area contributed by atoms with Gasteiger partial charge in [-0.05, 0) is 30.7 Å². The molecule has 6 nitrogen and oxygen atoms in total. The molecule has 4 heterocycles. The largest absolute Gasteiger partial charge is 0.380 e. The van der Waals surface area contributed by atoms with Gasteiger partial charge < -0.3 is 15.0 Å². The summed E-state index contributed by atoms with van der Waals surface area (Å²) in [7, 11) is 0. The maximum atomic E-state index is 5.84. The van der Waals surface area contributed by atoms with Crippen LogP contribution in [0.2, 0.25) is 0 Å². The quantitative estimate of drug-likeness (QED) is 0.767. The van der Waals surface area contributed by atoms with E-state index in [1.807, 2.05) is 60.9 Å². The van der Waals surface area contributed by atoms with E-state index < -0.39 is 0 Å². The second-order valence-electron chi connectivity index (χ2n) is 7.25. The highest BCUT2D eigenvalue weighted by Crippen LogP contribution is 2.50. The van der Waals surface area contributed by atoms with E-state index >= 15 is 0 Å². The number of rotatable bonds is 3. The fourth-order valence-corrected chi connectivity index (χ4v) is 4.15. The number of hydrogen-bond donors (Lipinski definition) is 1. The number of fused-ring (bicyclic) bond motifs is 3. The minimum atomic E-state index is -0.142. The van der Waals surface area contributed by atoms with Crippen LogP contribution in [-0.4, -0.2) is 34.2 Å². The van der Waals surface area contributed by atoms with Crippen molar-refractivity contribution in [1.29, 1.82) is 0 Å². The number of nitrogens with zero attached hydrogens (tertiary/aromatic N) is 4. The molecule has 6 heteroatoms. The first kappa shape index (κ1) is 16.2. The third-order valence-corrected chi connectivity index (χ3v) is 5.52. The predicted octanol–water partition coefficient (Wildman–Crippen LogP) is 3.81. The Hall–Kier alpha value is -2.99. The van der Waals surface area contributed by atoms with E-state index in [1.54, 1.807) is 0 Å². The number of benzene rings is 1. The lowest BCUT2D eigenvalue weighted by atomic mass is 9.77. The SMILES string of the molecule is C[C@]12COCC[C@H]1N(c1ccccn1)c1nc(Nc3ccccc3)ncc12. The Kier molecular flexibility index (Phi) is 3.79. The minimum absolute atomic E-state index is 0.142. The molecule has 0 amide bonds. The molecule has 1 aromatic carbocycles. The van der Waals surface area contributed by atoms with Crippen molar-refractivity contribution >= 4 is 23.3 Å². The molecule has 0 radical (unpaired) electrons. The number of ether oxygens (including phenoxy) is 1. The molecule has 2 aliphatic rings. The molecule has 2 aliphatic heterocycles. The average molecular weight is 359 g/mol. The van der Waals surface area contributed by atoms with E-state index in [4.69, 9.17) is 9.72 Å². The maximum absolute atomic E-state index is 5.84. The summed E-state index contributed by atoms with van der Waals surface area (Å²) in [5.74, 6) is 2.42. The summed E-state index contributed by atoms with van der Waals surface area (Å²) in [6.07, 6.45) is 4.71. The van der Waals surface area contributed by atoms with E-state index in [9.17, 15) is 0 Å². The third-order valence-electron chi connectivity index (χ3n) is 5.52. The van der Waals surface area contributed by atoms with Crippen LogP contribution < -0.4 is 10.2 Å². The summed E-state index contributed by atoms with van der Waals surface area (Å²) in [5, 5.41) is 3.30. The Morgan fingerprint density at radius 2 is 1.96 bits per heavy atom. The van der Waals surface area contributed by atoms with Crippen molar-refractivity contribution in [2.24, 2.45) is 0 Å². The Morgan fingerprint density at radius 3 is 2.78 bits per heavy atom. The molecular weight excluding hydrogens is 338 g/mol. The average Bonchev–Trinajstić information content (AvgIpc) is 2.97. The molecule has 136 valence electrons. The summed E-state index contributed by atoms with van der Waals surface area (Å²) >= 11 is 0. The van der Waals surface area contributed by atoms with Crippen molar-refractivity contribution in [2.45, 2.75) is 24.8 Å². The third kappa shape index (κ3) is 2.64. The number of hydrogen-bond acceptors (Lipinski definition) is 6. The number of para-hydroxylation sites is 1. The van der Waals surface area contributed by atoms with Gasteiger partial charge in [0.1, 0.15) is 11.6 Å². The van der Waals surface area contributed by atoms with Crippen LogP contribution in [0.1, 0.15) is 18.9 Å². The molecule has 5 rings (SSSR count). The fourth-order valence-electron chi connectivity index (χ4n) is 4.15. The zero-order chi connectivity index (χ0) is 18.3. The van der Waals surface area contributed by atoms with E-state index in [0.717, 1.165) is 35.9 Å². The van der Waals surface area contributed by atoms with Crippen molar-refractivity contribution in [3.63, 3.8) is 0 Å². The van der Waals surface area contributed by atoms with Gasteiger partial charge in [0, 0.05) is 35.7 Å². The second kappa shape index (κ2) is 6.32. The van der Waals surface area contributed by atoms with Gasteiger partial charge in [-0.25, -0.2) is 9.97 Å². The molecule has 2 aromatic heterocycles. The Morgan fingerprint density at radius 1 is 1.11 bits per heavy atom. The van der Waals surface area contributed by atoms with Gasteiger partial charge in [-0.2, -0.15) is 4.98 Å². The molecule has 0 unspecified atom stereocenters. The monoisotopic (exact) mass is 359 g/mol. The molecule has 0 spiro atoms. The van der Waals surface area contributed by atoms with E-state index in [-0.39, 0.29) is 11.5 Å². The summed E-state index contributed by atoms with van der Waals surface area (Å²) in [6, 6.07) is 16.2. The van der Waals surface area contributed by atoms with Gasteiger partial charge in [-0.1, -0.05) is 31.2 Å². The van der Waals surface area contributed by atoms with Gasteiger partial charge in [0.05, 0.1) is 12.6 Å². The molecule has 2 atom stereocenters. The molecule has 3 aromatic rings. The van der Waals surface area contributed by atoms with E-state index in [0.29, 0.717) is 12.6 Å². The lowest BCUT2D eigenvalue weighted by Gasteiger charge is -2.39. The molecular formula is C21H21N5O. The minimum Gasteiger partial charge on any atom is -0.380 e. The second-order valence-corrected chi connectivity index (χ2v) is 7.25. The first-order valence-corrected chi connectivity index (χ1v) is 9.23. The predicted molar refractivity (Wildman–Crippen MR) is 105 cm³/mol. The van der Waals surface area contributed by atoms with E-state index in [2.05, 4.69) is 27.1 Å². The zero-order valence-corrected chi connectivity index (χ0v) is 15.2. The highest BCUT2D eigenvalue weighted by Gasteiger charge is 2.51. The highest BCUT2D eigenvalue weighted by atomic mass is 16.5. The molecule has 0 bridgehead atoms. The van der Waals surface area contributed by atoms with Crippen LogP contribution in [0.15, 0.2) is 60.9 Å². The van der Waals surface area contributed by atoms with Crippen molar-refractivity contribution in [2.75, 3.05) is 23.4 Å². The Labute approximate surface area is 158 Å². The summed E-state index contributed by atoms with van der Waals surface area (Å²) in [4.78, 5) is 16.3.